The van der Waals surface area contributed by atoms with Crippen molar-refractivity contribution < 1.29 is 31.5 Å². The molecular weight excluding hydrogens is 287 g/mol. The van der Waals surface area contributed by atoms with Crippen LogP contribution in [0.15, 0.2) is 6.20 Å². The number of ether oxygens (including phenoxy) is 1. The molecule has 0 radical (unpaired) electrons. The molecule has 0 aliphatic rings. The van der Waals surface area contributed by atoms with E-state index >= 15 is 0 Å². The van der Waals surface area contributed by atoms with Gasteiger partial charge in [-0.2, -0.15) is 13.2 Å². The molecule has 0 spiro atoms. The highest BCUT2D eigenvalue weighted by Crippen LogP contribution is 2.37. The first-order valence-electron chi connectivity index (χ1n) is 5.35. The molecule has 4 nitrogen and oxygen atoms in total. The Bertz CT molecular complexity index is 502. The van der Waals surface area contributed by atoms with Gasteiger partial charge in [-0.1, -0.05) is 0 Å². The fraction of sp³-hybridized carbons (Fsp3) is 0.455. The van der Waals surface area contributed by atoms with Crippen LogP contribution in [0.4, 0.5) is 22.0 Å². The van der Waals surface area contributed by atoms with Crippen LogP contribution in [-0.2, 0) is 28.7 Å². The third kappa shape index (κ3) is 3.41. The van der Waals surface area contributed by atoms with E-state index in [2.05, 4.69) is 9.72 Å². The van der Waals surface area contributed by atoms with Crippen molar-refractivity contribution in [2.75, 3.05) is 7.11 Å². The number of esters is 1. The highest BCUT2D eigenvalue weighted by Gasteiger charge is 2.38. The highest BCUT2D eigenvalue weighted by atomic mass is 19.4. The van der Waals surface area contributed by atoms with Crippen LogP contribution in [0.5, 0.6) is 0 Å². The molecule has 0 saturated heterocycles. The van der Waals surface area contributed by atoms with Gasteiger partial charge in [0.2, 0.25) is 0 Å². The van der Waals surface area contributed by atoms with Crippen LogP contribution >= 0.6 is 0 Å². The summed E-state index contributed by atoms with van der Waals surface area (Å²) in [6.07, 6.45) is -8.25. The molecule has 1 heterocycles. The molecule has 0 unspecified atom stereocenters. The molecule has 0 bridgehead atoms. The fourth-order valence-corrected chi connectivity index (χ4v) is 1.72. The largest absolute Gasteiger partial charge is 0.469 e. The average Bonchev–Trinajstić information content (AvgIpc) is 2.35. The van der Waals surface area contributed by atoms with Crippen LogP contribution in [0, 0.1) is 0 Å². The molecule has 0 aliphatic heterocycles. The van der Waals surface area contributed by atoms with E-state index < -0.39 is 53.9 Å². The summed E-state index contributed by atoms with van der Waals surface area (Å²) in [6.45, 7) is -0.767. The molecule has 0 amide bonds. The zero-order valence-electron chi connectivity index (χ0n) is 10.3. The number of halogens is 5. The third-order valence-electron chi connectivity index (χ3n) is 2.55. The maximum Gasteiger partial charge on any atom is 0.417 e. The Labute approximate surface area is 110 Å². The number of rotatable bonds is 4. The smallest absolute Gasteiger partial charge is 0.417 e. The Morgan fingerprint density at radius 3 is 2.45 bits per heavy atom. The van der Waals surface area contributed by atoms with Crippen LogP contribution in [-0.4, -0.2) is 18.1 Å². The molecule has 0 saturated carbocycles. The summed E-state index contributed by atoms with van der Waals surface area (Å²) in [5.41, 5.74) is 1.39. The Hall–Kier alpha value is -1.77. The van der Waals surface area contributed by atoms with Crippen molar-refractivity contribution in [2.24, 2.45) is 5.73 Å². The summed E-state index contributed by atoms with van der Waals surface area (Å²) in [5.74, 6) is -0.940. The molecule has 112 valence electrons. The highest BCUT2D eigenvalue weighted by molar-refractivity contribution is 5.73. The summed E-state index contributed by atoms with van der Waals surface area (Å²) in [6, 6.07) is 0. The first kappa shape index (κ1) is 16.3. The minimum Gasteiger partial charge on any atom is -0.469 e. The number of carbonyl (C=O) groups excluding carboxylic acids is 1. The molecule has 0 atom stereocenters. The average molecular weight is 298 g/mol. The Kier molecular flexibility index (Phi) is 4.98. The van der Waals surface area contributed by atoms with Crippen LogP contribution in [0.2, 0.25) is 0 Å². The fourth-order valence-electron chi connectivity index (χ4n) is 1.72. The van der Waals surface area contributed by atoms with Crippen molar-refractivity contribution >= 4 is 5.97 Å². The monoisotopic (exact) mass is 298 g/mol. The zero-order valence-corrected chi connectivity index (χ0v) is 10.3. The van der Waals surface area contributed by atoms with E-state index in [4.69, 9.17) is 5.73 Å². The second-order valence-electron chi connectivity index (χ2n) is 3.78. The van der Waals surface area contributed by atoms with Gasteiger partial charge in [-0.25, -0.2) is 8.78 Å². The number of hydrogen-bond acceptors (Lipinski definition) is 4. The Morgan fingerprint density at radius 1 is 1.45 bits per heavy atom. The summed E-state index contributed by atoms with van der Waals surface area (Å²) < 4.78 is 68.6. The van der Waals surface area contributed by atoms with Gasteiger partial charge in [0.05, 0.1) is 19.1 Å². The minimum atomic E-state index is -4.93. The van der Waals surface area contributed by atoms with Crippen molar-refractivity contribution in [1.82, 2.24) is 4.98 Å². The van der Waals surface area contributed by atoms with Crippen molar-refractivity contribution in [2.45, 2.75) is 25.6 Å². The van der Waals surface area contributed by atoms with Gasteiger partial charge in [-0.05, 0) is 5.56 Å². The van der Waals surface area contributed by atoms with Gasteiger partial charge in [0, 0.05) is 18.3 Å². The second kappa shape index (κ2) is 6.12. The third-order valence-corrected chi connectivity index (χ3v) is 2.55. The molecule has 1 aromatic heterocycles. The lowest BCUT2D eigenvalue weighted by molar-refractivity contribution is -0.141. The Balaban J connectivity index is 3.50. The summed E-state index contributed by atoms with van der Waals surface area (Å²) in [4.78, 5) is 14.4. The molecule has 0 aliphatic carbocycles. The van der Waals surface area contributed by atoms with E-state index in [1.165, 1.54) is 0 Å². The van der Waals surface area contributed by atoms with Crippen LogP contribution in [0.1, 0.15) is 28.8 Å². The van der Waals surface area contributed by atoms with Gasteiger partial charge in [0.25, 0.3) is 6.43 Å². The number of alkyl halides is 5. The quantitative estimate of drug-likeness (QED) is 0.683. The molecule has 2 N–H and O–H groups in total. The van der Waals surface area contributed by atoms with E-state index in [1.807, 2.05) is 0 Å². The normalized spacial score (nSPS) is 11.8. The van der Waals surface area contributed by atoms with Crippen LogP contribution in [0.3, 0.4) is 0 Å². The molecule has 9 heteroatoms. The lowest BCUT2D eigenvalue weighted by Gasteiger charge is -2.18. The molecule has 0 aromatic carbocycles. The standard InChI is InChI=1S/C11H11F5N2O2/c1-20-7(19)2-5-4-18-9(10(12)13)6(3-17)8(5)11(14,15)16/h4,10H,2-3,17H2,1H3. The number of aromatic nitrogens is 1. The summed E-state index contributed by atoms with van der Waals surface area (Å²) >= 11 is 0. The zero-order chi connectivity index (χ0) is 15.5. The second-order valence-corrected chi connectivity index (χ2v) is 3.78. The van der Waals surface area contributed by atoms with Gasteiger partial charge >= 0.3 is 12.1 Å². The van der Waals surface area contributed by atoms with Gasteiger partial charge in [0.1, 0.15) is 5.69 Å². The summed E-state index contributed by atoms with van der Waals surface area (Å²) in [5, 5.41) is 0. The first-order valence-corrected chi connectivity index (χ1v) is 5.35. The lowest BCUT2D eigenvalue weighted by atomic mass is 9.98. The number of hydrogen-bond donors (Lipinski definition) is 1. The van der Waals surface area contributed by atoms with Crippen molar-refractivity contribution in [1.29, 1.82) is 0 Å². The van der Waals surface area contributed by atoms with Gasteiger partial charge in [-0.15, -0.1) is 0 Å². The van der Waals surface area contributed by atoms with Gasteiger partial charge in [-0.3, -0.25) is 9.78 Å². The van der Waals surface area contributed by atoms with Crippen molar-refractivity contribution in [3.63, 3.8) is 0 Å². The van der Waals surface area contributed by atoms with E-state index in [0.29, 0.717) is 6.20 Å². The van der Waals surface area contributed by atoms with E-state index in [0.717, 1.165) is 7.11 Å². The first-order chi connectivity index (χ1) is 9.22. The van der Waals surface area contributed by atoms with Gasteiger partial charge < -0.3 is 10.5 Å². The topological polar surface area (TPSA) is 65.2 Å². The molecule has 1 rings (SSSR count). The molecular formula is C11H11F5N2O2. The Morgan fingerprint density at radius 2 is 2.05 bits per heavy atom. The predicted molar refractivity (Wildman–Crippen MR) is 57.8 cm³/mol. The lowest BCUT2D eigenvalue weighted by Crippen LogP contribution is -2.20. The minimum absolute atomic E-state index is 0.547. The molecule has 1 aromatic rings. The number of carbonyl (C=O) groups is 1. The molecule has 20 heavy (non-hydrogen) atoms. The van der Waals surface area contributed by atoms with Crippen LogP contribution in [0.25, 0.3) is 0 Å². The van der Waals surface area contributed by atoms with Crippen molar-refractivity contribution in [3.8, 4) is 0 Å². The van der Waals surface area contributed by atoms with E-state index in [9.17, 15) is 26.7 Å². The number of methoxy groups -OCH3 is 1. The maximum absolute atomic E-state index is 13.0. The van der Waals surface area contributed by atoms with E-state index in [1.54, 1.807) is 0 Å². The van der Waals surface area contributed by atoms with Crippen molar-refractivity contribution in [3.05, 3.63) is 28.6 Å². The number of nitrogens with zero attached hydrogens (tertiary/aromatic N) is 1. The summed E-state index contributed by atoms with van der Waals surface area (Å²) in [7, 11) is 1.00. The van der Waals surface area contributed by atoms with E-state index in [-0.39, 0.29) is 0 Å². The molecule has 0 fully saturated rings. The number of nitrogens with two attached hydrogens (primary N) is 1. The predicted octanol–water partition coefficient (Wildman–Crippen LogP) is 2.21. The maximum atomic E-state index is 13.0. The number of pyridine rings is 1. The van der Waals surface area contributed by atoms with Gasteiger partial charge in [0.15, 0.2) is 0 Å². The van der Waals surface area contributed by atoms with Crippen LogP contribution < -0.4 is 5.73 Å². The SMILES string of the molecule is COC(=O)Cc1cnc(C(F)F)c(CN)c1C(F)(F)F.